The van der Waals surface area contributed by atoms with Gasteiger partial charge in [-0.05, 0) is 29.3 Å². The third kappa shape index (κ3) is 2.55. The summed E-state index contributed by atoms with van der Waals surface area (Å²) in [4.78, 5) is 12.4. The second-order valence-electron chi connectivity index (χ2n) is 6.01. The summed E-state index contributed by atoms with van der Waals surface area (Å²) in [7, 11) is 2.01. The highest BCUT2D eigenvalue weighted by molar-refractivity contribution is 9.10. The predicted molar refractivity (Wildman–Crippen MR) is 99.1 cm³/mol. The molecule has 1 aliphatic rings. The molecule has 4 rings (SSSR count). The molecular formula is C19H16BrN3O. The zero-order valence-corrected chi connectivity index (χ0v) is 14.7. The van der Waals surface area contributed by atoms with Gasteiger partial charge >= 0.3 is 0 Å². The molecule has 0 unspecified atom stereocenters. The van der Waals surface area contributed by atoms with Crippen LogP contribution in [-0.4, -0.2) is 16.2 Å². The topological polar surface area (TPSA) is 46.4 Å². The number of para-hydroxylation sites is 1. The van der Waals surface area contributed by atoms with Crippen LogP contribution < -0.4 is 5.43 Å². The minimum absolute atomic E-state index is 0.0489. The molecule has 2 heterocycles. The number of carbonyl (C=O) groups excluding carboxylic acids is 1. The fraction of sp³-hybridized carbons (Fsp3) is 0.158. The summed E-state index contributed by atoms with van der Waals surface area (Å²) in [5.41, 5.74) is 6.81. The summed E-state index contributed by atoms with van der Waals surface area (Å²) in [6.07, 6.45) is 2.65. The molecule has 24 heavy (non-hydrogen) atoms. The molecule has 4 nitrogen and oxygen atoms in total. The zero-order chi connectivity index (χ0) is 16.7. The molecule has 1 aliphatic heterocycles. The quantitative estimate of drug-likeness (QED) is 0.717. The van der Waals surface area contributed by atoms with Gasteiger partial charge in [0.05, 0.1) is 11.6 Å². The molecule has 0 spiro atoms. The fourth-order valence-electron chi connectivity index (χ4n) is 3.26. The summed E-state index contributed by atoms with van der Waals surface area (Å²) >= 11 is 3.45. The Hall–Kier alpha value is -2.40. The molecule has 0 aliphatic carbocycles. The van der Waals surface area contributed by atoms with Crippen LogP contribution in [0, 0.1) is 0 Å². The number of hydrazone groups is 1. The van der Waals surface area contributed by atoms with Gasteiger partial charge in [-0.15, -0.1) is 0 Å². The van der Waals surface area contributed by atoms with Crippen molar-refractivity contribution in [3.8, 4) is 0 Å². The molecule has 1 amide bonds. The first kappa shape index (κ1) is 15.1. The van der Waals surface area contributed by atoms with E-state index in [1.165, 1.54) is 0 Å². The largest absolute Gasteiger partial charge is 0.350 e. The molecular weight excluding hydrogens is 366 g/mol. The number of hydrogen-bond donors (Lipinski definition) is 1. The van der Waals surface area contributed by atoms with Crippen LogP contribution in [0.25, 0.3) is 10.9 Å². The van der Waals surface area contributed by atoms with Gasteiger partial charge in [-0.2, -0.15) is 5.10 Å². The number of aromatic nitrogens is 1. The molecule has 1 aromatic heterocycles. The highest BCUT2D eigenvalue weighted by Crippen LogP contribution is 2.32. The van der Waals surface area contributed by atoms with E-state index in [9.17, 15) is 4.79 Å². The average Bonchev–Trinajstić information content (AvgIpc) is 2.93. The molecule has 0 saturated heterocycles. The molecule has 0 saturated carbocycles. The van der Waals surface area contributed by atoms with Crippen molar-refractivity contribution in [2.24, 2.45) is 12.1 Å². The lowest BCUT2D eigenvalue weighted by Crippen LogP contribution is -2.33. The maximum Gasteiger partial charge on any atom is 0.248 e. The van der Waals surface area contributed by atoms with E-state index in [4.69, 9.17) is 0 Å². The number of hydrogen-bond acceptors (Lipinski definition) is 2. The number of halogens is 1. The van der Waals surface area contributed by atoms with Crippen molar-refractivity contribution in [1.82, 2.24) is 9.99 Å². The Morgan fingerprint density at radius 2 is 1.92 bits per heavy atom. The zero-order valence-electron chi connectivity index (χ0n) is 13.2. The minimum atomic E-state index is -0.229. The van der Waals surface area contributed by atoms with Crippen LogP contribution in [0.5, 0.6) is 0 Å². The van der Waals surface area contributed by atoms with Gasteiger partial charge in [-0.1, -0.05) is 46.3 Å². The number of carbonyl (C=O) groups is 1. The maximum atomic E-state index is 12.4. The Morgan fingerprint density at radius 1 is 1.17 bits per heavy atom. The van der Waals surface area contributed by atoms with Crippen molar-refractivity contribution >= 4 is 38.5 Å². The standard InChI is InChI=1S/C19H16BrN3O/c1-23-11-16(14-4-2-3-5-18(14)23)15-10-17(21-22-19(15)24)12-6-8-13(20)9-7-12/h2-9,11,15H,10H2,1H3,(H,22,24)/t15-/m0/s1. The second-order valence-corrected chi connectivity index (χ2v) is 6.93. The summed E-state index contributed by atoms with van der Waals surface area (Å²) in [6.45, 7) is 0. The Morgan fingerprint density at radius 3 is 2.71 bits per heavy atom. The van der Waals surface area contributed by atoms with Gasteiger partial charge in [0.1, 0.15) is 0 Å². The van der Waals surface area contributed by atoms with E-state index in [0.717, 1.165) is 32.2 Å². The number of fused-ring (bicyclic) bond motifs is 1. The van der Waals surface area contributed by atoms with Gasteiger partial charge in [0.2, 0.25) is 5.91 Å². The number of nitrogens with zero attached hydrogens (tertiary/aromatic N) is 2. The third-order valence-corrected chi connectivity index (χ3v) is 5.02. The Balaban J connectivity index is 1.74. The van der Waals surface area contributed by atoms with E-state index in [0.29, 0.717) is 6.42 Å². The van der Waals surface area contributed by atoms with Crippen LogP contribution >= 0.6 is 15.9 Å². The molecule has 2 aromatic carbocycles. The molecule has 120 valence electrons. The number of rotatable bonds is 2. The van der Waals surface area contributed by atoms with Crippen LogP contribution in [-0.2, 0) is 11.8 Å². The Kier molecular flexibility index (Phi) is 3.73. The maximum absolute atomic E-state index is 12.4. The van der Waals surface area contributed by atoms with E-state index in [-0.39, 0.29) is 11.8 Å². The first-order valence-electron chi connectivity index (χ1n) is 7.80. The molecule has 1 atom stereocenters. The average molecular weight is 382 g/mol. The summed E-state index contributed by atoms with van der Waals surface area (Å²) in [5, 5.41) is 5.39. The van der Waals surface area contributed by atoms with Crippen LogP contribution in [0.15, 0.2) is 64.3 Å². The molecule has 5 heteroatoms. The first-order chi connectivity index (χ1) is 11.6. The normalized spacial score (nSPS) is 17.7. The predicted octanol–water partition coefficient (Wildman–Crippen LogP) is 3.95. The van der Waals surface area contributed by atoms with Crippen molar-refractivity contribution in [2.75, 3.05) is 0 Å². The lowest BCUT2D eigenvalue weighted by molar-refractivity contribution is -0.122. The summed E-state index contributed by atoms with van der Waals surface area (Å²) in [5.74, 6) is -0.278. The molecule has 1 N–H and O–H groups in total. The van der Waals surface area contributed by atoms with Gasteiger partial charge < -0.3 is 4.57 Å². The lowest BCUT2D eigenvalue weighted by atomic mass is 9.89. The van der Waals surface area contributed by atoms with E-state index in [1.54, 1.807) is 0 Å². The van der Waals surface area contributed by atoms with Crippen molar-refractivity contribution in [2.45, 2.75) is 12.3 Å². The highest BCUT2D eigenvalue weighted by Gasteiger charge is 2.29. The minimum Gasteiger partial charge on any atom is -0.350 e. The van der Waals surface area contributed by atoms with Crippen molar-refractivity contribution in [1.29, 1.82) is 0 Å². The number of aryl methyl sites for hydroxylation is 1. The Labute approximate surface area is 148 Å². The van der Waals surface area contributed by atoms with Crippen LogP contribution in [0.2, 0.25) is 0 Å². The third-order valence-electron chi connectivity index (χ3n) is 4.50. The first-order valence-corrected chi connectivity index (χ1v) is 8.59. The SMILES string of the molecule is Cn1cc([C@@H]2CC(c3ccc(Br)cc3)=NNC2=O)c2ccccc21. The van der Waals surface area contributed by atoms with Gasteiger partial charge in [0, 0.05) is 35.0 Å². The van der Waals surface area contributed by atoms with Gasteiger partial charge in [0.25, 0.3) is 0 Å². The number of amides is 1. The Bertz CT molecular complexity index is 956. The van der Waals surface area contributed by atoms with E-state index in [2.05, 4.69) is 49.4 Å². The fourth-order valence-corrected chi connectivity index (χ4v) is 3.52. The van der Waals surface area contributed by atoms with E-state index >= 15 is 0 Å². The van der Waals surface area contributed by atoms with Gasteiger partial charge in [-0.25, -0.2) is 5.43 Å². The van der Waals surface area contributed by atoms with Crippen molar-refractivity contribution in [3.05, 3.63) is 70.3 Å². The van der Waals surface area contributed by atoms with Crippen molar-refractivity contribution < 1.29 is 4.79 Å². The second kappa shape index (κ2) is 5.91. The lowest BCUT2D eigenvalue weighted by Gasteiger charge is -2.21. The van der Waals surface area contributed by atoms with E-state index in [1.807, 2.05) is 43.4 Å². The van der Waals surface area contributed by atoms with Crippen LogP contribution in [0.3, 0.4) is 0 Å². The smallest absolute Gasteiger partial charge is 0.248 e. The monoisotopic (exact) mass is 381 g/mol. The molecule has 0 radical (unpaired) electrons. The molecule has 3 aromatic rings. The highest BCUT2D eigenvalue weighted by atomic mass is 79.9. The van der Waals surface area contributed by atoms with Gasteiger partial charge in [-0.3, -0.25) is 4.79 Å². The van der Waals surface area contributed by atoms with E-state index < -0.39 is 0 Å². The van der Waals surface area contributed by atoms with Gasteiger partial charge in [0.15, 0.2) is 0 Å². The summed E-state index contributed by atoms with van der Waals surface area (Å²) in [6, 6.07) is 16.2. The van der Waals surface area contributed by atoms with Crippen LogP contribution in [0.4, 0.5) is 0 Å². The number of nitrogens with one attached hydrogen (secondary N) is 1. The molecule has 0 bridgehead atoms. The molecule has 0 fully saturated rings. The van der Waals surface area contributed by atoms with Crippen molar-refractivity contribution in [3.63, 3.8) is 0 Å². The number of benzene rings is 2. The summed E-state index contributed by atoms with van der Waals surface area (Å²) < 4.78 is 3.10. The van der Waals surface area contributed by atoms with Crippen LogP contribution in [0.1, 0.15) is 23.5 Å².